The minimum atomic E-state index is -0.123. The highest BCUT2D eigenvalue weighted by Gasteiger charge is 2.33. The van der Waals surface area contributed by atoms with E-state index in [1.807, 2.05) is 33.9 Å². The van der Waals surface area contributed by atoms with E-state index in [1.54, 1.807) is 11.3 Å². The number of carbonyl (C=O) groups is 1. The van der Waals surface area contributed by atoms with Crippen molar-refractivity contribution in [2.75, 3.05) is 13.2 Å². The number of aromatic nitrogens is 2. The molecular weight excluding hydrogens is 386 g/mol. The van der Waals surface area contributed by atoms with Gasteiger partial charge in [-0.25, -0.2) is 0 Å². The summed E-state index contributed by atoms with van der Waals surface area (Å²) in [5.41, 5.74) is 3.28. The van der Waals surface area contributed by atoms with Crippen LogP contribution in [0.1, 0.15) is 48.7 Å². The van der Waals surface area contributed by atoms with E-state index >= 15 is 0 Å². The summed E-state index contributed by atoms with van der Waals surface area (Å²) in [4.78, 5) is 14.7. The summed E-state index contributed by atoms with van der Waals surface area (Å²) >= 11 is 1.59. The van der Waals surface area contributed by atoms with Crippen LogP contribution in [-0.4, -0.2) is 34.2 Å². The average molecular weight is 412 g/mol. The Morgan fingerprint density at radius 1 is 1.31 bits per heavy atom. The predicted molar refractivity (Wildman–Crippen MR) is 112 cm³/mol. The number of rotatable bonds is 7. The van der Waals surface area contributed by atoms with E-state index in [0.717, 1.165) is 36.3 Å². The zero-order valence-electron chi connectivity index (χ0n) is 16.8. The molecule has 152 valence electrons. The SMILES string of the molecule is Cc1cccc(OCCCC(=O)N2CCC[C@@H]2c2nnc(-c3ccsc3)o2)c1C. The van der Waals surface area contributed by atoms with Crippen LogP contribution in [0.5, 0.6) is 5.75 Å². The van der Waals surface area contributed by atoms with Gasteiger partial charge in [0.1, 0.15) is 11.8 Å². The zero-order valence-corrected chi connectivity index (χ0v) is 17.6. The highest BCUT2D eigenvalue weighted by Crippen LogP contribution is 2.33. The minimum absolute atomic E-state index is 0.118. The maximum Gasteiger partial charge on any atom is 0.248 e. The number of carbonyl (C=O) groups excluding carboxylic acids is 1. The van der Waals surface area contributed by atoms with Gasteiger partial charge in [0.05, 0.1) is 6.61 Å². The lowest BCUT2D eigenvalue weighted by Crippen LogP contribution is -2.30. The maximum atomic E-state index is 12.8. The number of hydrogen-bond donors (Lipinski definition) is 0. The molecule has 0 N–H and O–H groups in total. The Bertz CT molecular complexity index is 968. The molecule has 3 heterocycles. The lowest BCUT2D eigenvalue weighted by atomic mass is 10.1. The number of benzene rings is 1. The van der Waals surface area contributed by atoms with E-state index in [2.05, 4.69) is 30.1 Å². The van der Waals surface area contributed by atoms with Gasteiger partial charge in [-0.15, -0.1) is 10.2 Å². The van der Waals surface area contributed by atoms with Crippen molar-refractivity contribution in [3.63, 3.8) is 0 Å². The van der Waals surface area contributed by atoms with Gasteiger partial charge in [-0.1, -0.05) is 12.1 Å². The Hall–Kier alpha value is -2.67. The molecule has 4 rings (SSSR count). The Morgan fingerprint density at radius 2 is 2.21 bits per heavy atom. The van der Waals surface area contributed by atoms with Crippen molar-refractivity contribution in [1.82, 2.24) is 15.1 Å². The van der Waals surface area contributed by atoms with E-state index in [9.17, 15) is 4.79 Å². The van der Waals surface area contributed by atoms with Crippen molar-refractivity contribution in [2.45, 2.75) is 45.6 Å². The van der Waals surface area contributed by atoms with Crippen molar-refractivity contribution in [2.24, 2.45) is 0 Å². The predicted octanol–water partition coefficient (Wildman–Crippen LogP) is 4.94. The first-order valence-corrected chi connectivity index (χ1v) is 10.9. The topological polar surface area (TPSA) is 68.5 Å². The number of amides is 1. The first kappa shape index (κ1) is 19.6. The monoisotopic (exact) mass is 411 g/mol. The van der Waals surface area contributed by atoms with Crippen molar-refractivity contribution < 1.29 is 13.9 Å². The second-order valence-corrected chi connectivity index (χ2v) is 8.13. The van der Waals surface area contributed by atoms with Gasteiger partial charge in [-0.3, -0.25) is 4.79 Å². The summed E-state index contributed by atoms with van der Waals surface area (Å²) in [5, 5.41) is 12.3. The van der Waals surface area contributed by atoms with E-state index in [4.69, 9.17) is 9.15 Å². The highest BCUT2D eigenvalue weighted by molar-refractivity contribution is 7.08. The molecule has 0 unspecified atom stereocenters. The van der Waals surface area contributed by atoms with Crippen molar-refractivity contribution in [3.05, 3.63) is 52.0 Å². The van der Waals surface area contributed by atoms with E-state index in [-0.39, 0.29) is 11.9 Å². The van der Waals surface area contributed by atoms with Crippen LogP contribution in [0.4, 0.5) is 0 Å². The molecule has 1 atom stereocenters. The zero-order chi connectivity index (χ0) is 20.2. The van der Waals surface area contributed by atoms with Crippen LogP contribution in [0.25, 0.3) is 11.5 Å². The van der Waals surface area contributed by atoms with Gasteiger partial charge < -0.3 is 14.1 Å². The number of hydrogen-bond acceptors (Lipinski definition) is 6. The number of likely N-dealkylation sites (tertiary alicyclic amines) is 1. The third-order valence-electron chi connectivity index (χ3n) is 5.41. The summed E-state index contributed by atoms with van der Waals surface area (Å²) in [7, 11) is 0. The summed E-state index contributed by atoms with van der Waals surface area (Å²) in [5.74, 6) is 2.06. The summed E-state index contributed by atoms with van der Waals surface area (Å²) in [6.07, 6.45) is 2.94. The van der Waals surface area contributed by atoms with E-state index in [1.165, 1.54) is 5.56 Å². The lowest BCUT2D eigenvalue weighted by molar-refractivity contribution is -0.132. The van der Waals surface area contributed by atoms with Crippen LogP contribution >= 0.6 is 11.3 Å². The fourth-order valence-electron chi connectivity index (χ4n) is 3.62. The van der Waals surface area contributed by atoms with Gasteiger partial charge in [0.25, 0.3) is 0 Å². The molecule has 0 saturated carbocycles. The Balaban J connectivity index is 1.32. The van der Waals surface area contributed by atoms with Gasteiger partial charge in [0.2, 0.25) is 17.7 Å². The third-order valence-corrected chi connectivity index (χ3v) is 6.10. The molecule has 2 aromatic heterocycles. The molecule has 0 spiro atoms. The summed E-state index contributed by atoms with van der Waals surface area (Å²) in [6.45, 7) is 5.38. The molecule has 0 bridgehead atoms. The minimum Gasteiger partial charge on any atom is -0.493 e. The van der Waals surface area contributed by atoms with Gasteiger partial charge in [-0.2, -0.15) is 11.3 Å². The second-order valence-electron chi connectivity index (χ2n) is 7.35. The number of aryl methyl sites for hydroxylation is 1. The first-order chi connectivity index (χ1) is 14.1. The fourth-order valence-corrected chi connectivity index (χ4v) is 4.25. The Labute approximate surface area is 174 Å². The third kappa shape index (κ3) is 4.34. The molecule has 1 saturated heterocycles. The van der Waals surface area contributed by atoms with Crippen molar-refractivity contribution in [3.8, 4) is 17.2 Å². The molecule has 1 aliphatic heterocycles. The van der Waals surface area contributed by atoms with E-state index in [0.29, 0.717) is 31.2 Å². The molecule has 1 aromatic carbocycles. The standard InChI is InChI=1S/C22H25N3O3S/c1-15-6-3-8-19(16(15)2)27-12-5-9-20(26)25-11-4-7-18(25)22-24-23-21(28-22)17-10-13-29-14-17/h3,6,8,10,13-14,18H,4-5,7,9,11-12H2,1-2H3/t18-/m1/s1. The van der Waals surface area contributed by atoms with Gasteiger partial charge in [0.15, 0.2) is 0 Å². The first-order valence-electron chi connectivity index (χ1n) is 9.98. The molecular formula is C22H25N3O3S. The fraction of sp³-hybridized carbons (Fsp3) is 0.409. The molecule has 0 radical (unpaired) electrons. The van der Waals surface area contributed by atoms with Crippen LogP contribution in [0.15, 0.2) is 39.4 Å². The smallest absolute Gasteiger partial charge is 0.248 e. The molecule has 1 amide bonds. The Morgan fingerprint density at radius 3 is 3.03 bits per heavy atom. The van der Waals surface area contributed by atoms with Gasteiger partial charge >= 0.3 is 0 Å². The second kappa shape index (κ2) is 8.78. The van der Waals surface area contributed by atoms with Crippen LogP contribution < -0.4 is 4.74 Å². The summed E-state index contributed by atoms with van der Waals surface area (Å²) in [6, 6.07) is 7.87. The van der Waals surface area contributed by atoms with Crippen LogP contribution in [-0.2, 0) is 4.79 Å². The normalized spacial score (nSPS) is 16.3. The number of thiophene rings is 1. The van der Waals surface area contributed by atoms with Crippen molar-refractivity contribution in [1.29, 1.82) is 0 Å². The van der Waals surface area contributed by atoms with Crippen LogP contribution in [0.2, 0.25) is 0 Å². The summed E-state index contributed by atoms with van der Waals surface area (Å²) < 4.78 is 11.7. The number of ether oxygens (including phenoxy) is 1. The Kier molecular flexibility index (Phi) is 5.94. The van der Waals surface area contributed by atoms with Crippen LogP contribution in [0, 0.1) is 13.8 Å². The lowest BCUT2D eigenvalue weighted by Gasteiger charge is -2.22. The quantitative estimate of drug-likeness (QED) is 0.515. The molecule has 7 heteroatoms. The molecule has 3 aromatic rings. The maximum absolute atomic E-state index is 12.8. The molecule has 1 fully saturated rings. The molecule has 6 nitrogen and oxygen atoms in total. The molecule has 0 aliphatic carbocycles. The van der Waals surface area contributed by atoms with Crippen LogP contribution in [0.3, 0.4) is 0 Å². The number of nitrogens with zero attached hydrogens (tertiary/aromatic N) is 3. The molecule has 1 aliphatic rings. The van der Waals surface area contributed by atoms with Gasteiger partial charge in [-0.05, 0) is 61.7 Å². The molecule has 29 heavy (non-hydrogen) atoms. The van der Waals surface area contributed by atoms with Gasteiger partial charge in [0, 0.05) is 23.9 Å². The average Bonchev–Trinajstić information content (AvgIpc) is 3.48. The van der Waals surface area contributed by atoms with E-state index < -0.39 is 0 Å². The largest absolute Gasteiger partial charge is 0.493 e. The highest BCUT2D eigenvalue weighted by atomic mass is 32.1. The van der Waals surface area contributed by atoms with Crippen molar-refractivity contribution >= 4 is 17.2 Å².